The zero-order valence-corrected chi connectivity index (χ0v) is 9.52. The van der Waals surface area contributed by atoms with Crippen LogP contribution >= 0.6 is 0 Å². The van der Waals surface area contributed by atoms with E-state index in [1.807, 2.05) is 0 Å². The summed E-state index contributed by atoms with van der Waals surface area (Å²) in [6.45, 7) is 2.10. The molecule has 0 aromatic carbocycles. The molecule has 1 saturated carbocycles. The smallest absolute Gasteiger partial charge is 0.303 e. The second-order valence-corrected chi connectivity index (χ2v) is 4.95. The average Bonchev–Trinajstić information content (AvgIpc) is 3.02. The Balaban J connectivity index is 2.17. The van der Waals surface area contributed by atoms with E-state index in [-0.39, 0.29) is 12.3 Å². The molecule has 0 aromatic rings. The molecule has 2 N–H and O–H groups in total. The lowest BCUT2D eigenvalue weighted by molar-refractivity contribution is -0.138. The fourth-order valence-electron chi connectivity index (χ4n) is 2.52. The number of hydrogen-bond acceptors (Lipinski definition) is 2. The number of rotatable bonds is 4. The fraction of sp³-hybridized carbons (Fsp3) is 0.615. The van der Waals surface area contributed by atoms with Gasteiger partial charge in [0, 0.05) is 0 Å². The minimum Gasteiger partial charge on any atom is -0.508 e. The molecule has 0 radical (unpaired) electrons. The third-order valence-electron chi connectivity index (χ3n) is 3.58. The Kier molecular flexibility index (Phi) is 3.03. The number of carbonyl (C=O) groups is 1. The van der Waals surface area contributed by atoms with E-state index in [2.05, 4.69) is 6.92 Å². The summed E-state index contributed by atoms with van der Waals surface area (Å²) in [6, 6.07) is 0. The standard InChI is InChI=1S/C13H18O3/c1-8-2-5-10(14)6-11(8)12(7-13(15)16)9-3-4-9/h5-6,8-9,12,14H,2-4,7H2,1H3,(H,15,16). The van der Waals surface area contributed by atoms with Crippen molar-refractivity contribution >= 4 is 5.97 Å². The zero-order chi connectivity index (χ0) is 11.7. The monoisotopic (exact) mass is 222 g/mol. The molecule has 0 spiro atoms. The number of aliphatic hydroxyl groups excluding tert-OH is 1. The van der Waals surface area contributed by atoms with Crippen LogP contribution in [0.5, 0.6) is 0 Å². The molecule has 2 rings (SSSR count). The lowest BCUT2D eigenvalue weighted by atomic mass is 9.79. The van der Waals surface area contributed by atoms with Gasteiger partial charge in [-0.2, -0.15) is 0 Å². The van der Waals surface area contributed by atoms with Gasteiger partial charge in [0.2, 0.25) is 0 Å². The van der Waals surface area contributed by atoms with Gasteiger partial charge in [0.1, 0.15) is 5.76 Å². The van der Waals surface area contributed by atoms with E-state index in [1.165, 1.54) is 0 Å². The second-order valence-electron chi connectivity index (χ2n) is 4.95. The van der Waals surface area contributed by atoms with Gasteiger partial charge in [-0.3, -0.25) is 4.79 Å². The second kappa shape index (κ2) is 4.32. The van der Waals surface area contributed by atoms with Crippen molar-refractivity contribution in [3.8, 4) is 0 Å². The molecule has 0 saturated heterocycles. The first-order chi connectivity index (χ1) is 7.58. The maximum atomic E-state index is 10.9. The van der Waals surface area contributed by atoms with Crippen molar-refractivity contribution in [1.29, 1.82) is 0 Å². The molecule has 1 fully saturated rings. The predicted molar refractivity (Wildman–Crippen MR) is 61.0 cm³/mol. The highest BCUT2D eigenvalue weighted by Crippen LogP contribution is 2.45. The summed E-state index contributed by atoms with van der Waals surface area (Å²) in [5.41, 5.74) is 1.13. The maximum Gasteiger partial charge on any atom is 0.303 e. The molecule has 3 heteroatoms. The number of hydrogen-bond donors (Lipinski definition) is 2. The van der Waals surface area contributed by atoms with Gasteiger partial charge < -0.3 is 10.2 Å². The van der Waals surface area contributed by atoms with Crippen molar-refractivity contribution in [2.24, 2.45) is 17.8 Å². The molecule has 3 nitrogen and oxygen atoms in total. The first kappa shape index (κ1) is 11.2. The number of carboxylic acid groups (broad SMARTS) is 1. The Labute approximate surface area is 95.5 Å². The summed E-state index contributed by atoms with van der Waals surface area (Å²) in [5, 5.41) is 18.5. The quantitative estimate of drug-likeness (QED) is 0.769. The largest absolute Gasteiger partial charge is 0.508 e. The summed E-state index contributed by atoms with van der Waals surface area (Å²) in [4.78, 5) is 10.9. The van der Waals surface area contributed by atoms with Gasteiger partial charge >= 0.3 is 5.97 Å². The van der Waals surface area contributed by atoms with Crippen LogP contribution in [0.1, 0.15) is 32.6 Å². The molecule has 0 bridgehead atoms. The summed E-state index contributed by atoms with van der Waals surface area (Å²) < 4.78 is 0. The molecule has 2 atom stereocenters. The number of aliphatic hydroxyl groups is 1. The third kappa shape index (κ3) is 2.46. The Morgan fingerprint density at radius 1 is 1.56 bits per heavy atom. The molecule has 0 amide bonds. The molecule has 2 unspecified atom stereocenters. The van der Waals surface area contributed by atoms with Crippen LogP contribution in [0.4, 0.5) is 0 Å². The van der Waals surface area contributed by atoms with Crippen molar-refractivity contribution in [1.82, 2.24) is 0 Å². The van der Waals surface area contributed by atoms with Crippen LogP contribution in [-0.2, 0) is 4.79 Å². The van der Waals surface area contributed by atoms with E-state index in [4.69, 9.17) is 5.11 Å². The lowest BCUT2D eigenvalue weighted by Gasteiger charge is -2.26. The molecular formula is C13H18O3. The minimum absolute atomic E-state index is 0.128. The van der Waals surface area contributed by atoms with Gasteiger partial charge in [0.15, 0.2) is 0 Å². The Morgan fingerprint density at radius 3 is 2.81 bits per heavy atom. The number of allylic oxidation sites excluding steroid dienone is 3. The van der Waals surface area contributed by atoms with E-state index in [9.17, 15) is 9.90 Å². The molecule has 2 aliphatic rings. The molecule has 88 valence electrons. The van der Waals surface area contributed by atoms with E-state index in [0.717, 1.165) is 24.8 Å². The maximum absolute atomic E-state index is 10.9. The average molecular weight is 222 g/mol. The van der Waals surface area contributed by atoms with E-state index >= 15 is 0 Å². The van der Waals surface area contributed by atoms with Gasteiger partial charge in [0.05, 0.1) is 6.42 Å². The van der Waals surface area contributed by atoms with Crippen LogP contribution in [0.15, 0.2) is 23.5 Å². The van der Waals surface area contributed by atoms with Gasteiger partial charge in [0.25, 0.3) is 0 Å². The van der Waals surface area contributed by atoms with Gasteiger partial charge in [-0.25, -0.2) is 0 Å². The highest BCUT2D eigenvalue weighted by molar-refractivity contribution is 5.67. The van der Waals surface area contributed by atoms with E-state index in [0.29, 0.717) is 17.6 Å². The summed E-state index contributed by atoms with van der Waals surface area (Å²) in [5.74, 6) is 0.572. The third-order valence-corrected chi connectivity index (χ3v) is 3.58. The van der Waals surface area contributed by atoms with Crippen molar-refractivity contribution in [2.75, 3.05) is 0 Å². The van der Waals surface area contributed by atoms with Gasteiger partial charge in [-0.15, -0.1) is 0 Å². The molecule has 0 aromatic heterocycles. The van der Waals surface area contributed by atoms with E-state index in [1.54, 1.807) is 12.2 Å². The zero-order valence-electron chi connectivity index (χ0n) is 9.52. The Bertz CT molecular complexity index is 350. The van der Waals surface area contributed by atoms with Crippen LogP contribution in [0.25, 0.3) is 0 Å². The Hall–Kier alpha value is -1.25. The van der Waals surface area contributed by atoms with Crippen LogP contribution in [0.3, 0.4) is 0 Å². The summed E-state index contributed by atoms with van der Waals surface area (Å²) in [7, 11) is 0. The highest BCUT2D eigenvalue weighted by Gasteiger charge is 2.36. The van der Waals surface area contributed by atoms with Crippen molar-refractivity contribution in [3.05, 3.63) is 23.5 Å². The van der Waals surface area contributed by atoms with Crippen LogP contribution in [0.2, 0.25) is 0 Å². The van der Waals surface area contributed by atoms with Crippen LogP contribution in [0, 0.1) is 17.8 Å². The first-order valence-electron chi connectivity index (χ1n) is 5.90. The van der Waals surface area contributed by atoms with Gasteiger partial charge in [-0.1, -0.05) is 12.5 Å². The molecular weight excluding hydrogens is 204 g/mol. The number of carboxylic acids is 1. The molecule has 2 aliphatic carbocycles. The van der Waals surface area contributed by atoms with Crippen LogP contribution < -0.4 is 0 Å². The van der Waals surface area contributed by atoms with E-state index < -0.39 is 5.97 Å². The first-order valence-corrected chi connectivity index (χ1v) is 5.90. The lowest BCUT2D eigenvalue weighted by Crippen LogP contribution is -2.19. The SMILES string of the molecule is CC1CC=C(O)C=C1C(CC(=O)O)C1CC1. The molecule has 0 aliphatic heterocycles. The minimum atomic E-state index is -0.737. The predicted octanol–water partition coefficient (Wildman–Crippen LogP) is 2.90. The number of aliphatic carboxylic acids is 1. The summed E-state index contributed by atoms with van der Waals surface area (Å²) in [6.07, 6.45) is 6.87. The van der Waals surface area contributed by atoms with Crippen molar-refractivity contribution in [2.45, 2.75) is 32.6 Å². The molecule has 0 heterocycles. The normalized spacial score (nSPS) is 26.9. The summed E-state index contributed by atoms with van der Waals surface area (Å²) >= 11 is 0. The Morgan fingerprint density at radius 2 is 2.25 bits per heavy atom. The fourth-order valence-corrected chi connectivity index (χ4v) is 2.52. The van der Waals surface area contributed by atoms with Gasteiger partial charge in [-0.05, 0) is 49.2 Å². The topological polar surface area (TPSA) is 57.5 Å². The van der Waals surface area contributed by atoms with Crippen molar-refractivity contribution in [3.63, 3.8) is 0 Å². The van der Waals surface area contributed by atoms with Crippen molar-refractivity contribution < 1.29 is 15.0 Å². The highest BCUT2D eigenvalue weighted by atomic mass is 16.4. The molecule has 16 heavy (non-hydrogen) atoms. The van der Waals surface area contributed by atoms with Crippen LogP contribution in [-0.4, -0.2) is 16.2 Å².